The lowest BCUT2D eigenvalue weighted by molar-refractivity contribution is -0.274. The summed E-state index contributed by atoms with van der Waals surface area (Å²) < 4.78 is 40.6. The molecule has 0 saturated heterocycles. The molecule has 146 valence electrons. The number of ether oxygens (including phenoxy) is 1. The Morgan fingerprint density at radius 2 is 1.46 bits per heavy atom. The van der Waals surface area contributed by atoms with Crippen molar-refractivity contribution in [1.29, 1.82) is 0 Å². The summed E-state index contributed by atoms with van der Waals surface area (Å²) in [6, 6.07) is 6.38. The summed E-state index contributed by atoms with van der Waals surface area (Å²) in [7, 11) is 0. The van der Waals surface area contributed by atoms with E-state index in [0.717, 1.165) is 42.1 Å². The molecule has 0 radical (unpaired) electrons. The van der Waals surface area contributed by atoms with E-state index < -0.39 is 6.36 Å². The SMILES string of the molecule is CCCC1CCC2CC(CCc3ccc(OC(F)(F)F)cc3)CCC2C1. The first kappa shape index (κ1) is 19.6. The Hall–Kier alpha value is -1.19. The van der Waals surface area contributed by atoms with Crippen molar-refractivity contribution in [3.05, 3.63) is 29.8 Å². The van der Waals surface area contributed by atoms with Crippen LogP contribution in [0.1, 0.15) is 70.3 Å². The number of hydrogen-bond acceptors (Lipinski definition) is 1. The molecule has 4 unspecified atom stereocenters. The second-order valence-electron chi connectivity index (χ2n) is 8.40. The predicted molar refractivity (Wildman–Crippen MR) is 98.0 cm³/mol. The fourth-order valence-corrected chi connectivity index (χ4v) is 5.24. The minimum atomic E-state index is -4.61. The van der Waals surface area contributed by atoms with E-state index in [-0.39, 0.29) is 5.75 Å². The second-order valence-corrected chi connectivity index (χ2v) is 8.40. The van der Waals surface area contributed by atoms with Crippen LogP contribution in [0.3, 0.4) is 0 Å². The molecule has 4 atom stereocenters. The highest BCUT2D eigenvalue weighted by atomic mass is 19.4. The molecular weight excluding hydrogens is 337 g/mol. The van der Waals surface area contributed by atoms with E-state index in [4.69, 9.17) is 0 Å². The highest BCUT2D eigenvalue weighted by Gasteiger charge is 2.35. The van der Waals surface area contributed by atoms with Gasteiger partial charge in [0.1, 0.15) is 5.75 Å². The monoisotopic (exact) mass is 368 g/mol. The molecule has 4 heteroatoms. The zero-order chi connectivity index (χ0) is 18.6. The van der Waals surface area contributed by atoms with Gasteiger partial charge in [0.2, 0.25) is 0 Å². The van der Waals surface area contributed by atoms with Crippen LogP contribution in [-0.4, -0.2) is 6.36 Å². The number of fused-ring (bicyclic) bond motifs is 1. The van der Waals surface area contributed by atoms with Crippen molar-refractivity contribution in [3.63, 3.8) is 0 Å². The van der Waals surface area contributed by atoms with Gasteiger partial charge in [-0.25, -0.2) is 0 Å². The van der Waals surface area contributed by atoms with Crippen molar-refractivity contribution in [2.45, 2.75) is 77.5 Å². The van der Waals surface area contributed by atoms with Crippen molar-refractivity contribution in [2.24, 2.45) is 23.7 Å². The van der Waals surface area contributed by atoms with Crippen molar-refractivity contribution in [1.82, 2.24) is 0 Å². The van der Waals surface area contributed by atoms with Crippen LogP contribution in [0.4, 0.5) is 13.2 Å². The zero-order valence-corrected chi connectivity index (χ0v) is 15.7. The topological polar surface area (TPSA) is 9.23 Å². The van der Waals surface area contributed by atoms with Crippen molar-refractivity contribution in [2.75, 3.05) is 0 Å². The van der Waals surface area contributed by atoms with Gasteiger partial charge in [0.05, 0.1) is 0 Å². The second kappa shape index (κ2) is 8.67. The third-order valence-electron chi connectivity index (χ3n) is 6.53. The smallest absolute Gasteiger partial charge is 0.406 e. The molecule has 3 rings (SSSR count). The molecule has 0 amide bonds. The van der Waals surface area contributed by atoms with Gasteiger partial charge in [-0.15, -0.1) is 13.2 Å². The quantitative estimate of drug-likeness (QED) is 0.518. The highest BCUT2D eigenvalue weighted by Crippen LogP contribution is 2.46. The summed E-state index contributed by atoms with van der Waals surface area (Å²) in [6.45, 7) is 2.30. The van der Waals surface area contributed by atoms with Gasteiger partial charge in [0.25, 0.3) is 0 Å². The standard InChI is InChI=1S/C22H31F3O/c1-2-3-17-6-10-20-15-18(7-11-19(20)14-17)5-4-16-8-12-21(13-9-16)26-22(23,24)25/h8-9,12-13,17-20H,2-7,10-11,14-15H2,1H3. The largest absolute Gasteiger partial charge is 0.573 e. The van der Waals surface area contributed by atoms with Gasteiger partial charge in [-0.2, -0.15) is 0 Å². The summed E-state index contributed by atoms with van der Waals surface area (Å²) in [5, 5.41) is 0. The van der Waals surface area contributed by atoms with Crippen LogP contribution in [0.15, 0.2) is 24.3 Å². The number of hydrogen-bond donors (Lipinski definition) is 0. The Kier molecular flexibility index (Phi) is 6.52. The number of halogens is 3. The van der Waals surface area contributed by atoms with Crippen LogP contribution in [0.25, 0.3) is 0 Å². The molecule has 1 nitrogen and oxygen atoms in total. The van der Waals surface area contributed by atoms with Crippen LogP contribution in [0.5, 0.6) is 5.75 Å². The molecule has 0 aliphatic heterocycles. The molecule has 0 N–H and O–H groups in total. The summed E-state index contributed by atoms with van der Waals surface area (Å²) >= 11 is 0. The lowest BCUT2D eigenvalue weighted by atomic mass is 9.63. The van der Waals surface area contributed by atoms with E-state index in [0.29, 0.717) is 0 Å². The normalized spacial score (nSPS) is 29.2. The molecule has 1 aromatic carbocycles. The maximum absolute atomic E-state index is 12.2. The summed E-state index contributed by atoms with van der Waals surface area (Å²) in [5.41, 5.74) is 1.10. The van der Waals surface area contributed by atoms with Gasteiger partial charge in [0, 0.05) is 0 Å². The van der Waals surface area contributed by atoms with Gasteiger partial charge in [-0.05, 0) is 79.9 Å². The van der Waals surface area contributed by atoms with Gasteiger partial charge in [-0.1, -0.05) is 44.7 Å². The maximum atomic E-state index is 12.2. The lowest BCUT2D eigenvalue weighted by Crippen LogP contribution is -2.31. The molecule has 2 fully saturated rings. The Morgan fingerprint density at radius 1 is 0.885 bits per heavy atom. The molecular formula is C22H31F3O. The molecule has 0 bridgehead atoms. The summed E-state index contributed by atoms with van der Waals surface area (Å²) in [5.74, 6) is 3.49. The van der Waals surface area contributed by atoms with Crippen molar-refractivity contribution in [3.8, 4) is 5.75 Å². The van der Waals surface area contributed by atoms with Gasteiger partial charge in [0.15, 0.2) is 0 Å². The summed E-state index contributed by atoms with van der Waals surface area (Å²) in [4.78, 5) is 0. The van der Waals surface area contributed by atoms with Crippen LogP contribution in [-0.2, 0) is 6.42 Å². The minimum Gasteiger partial charge on any atom is -0.406 e. The lowest BCUT2D eigenvalue weighted by Gasteiger charge is -2.42. The Labute approximate surface area is 155 Å². The highest BCUT2D eigenvalue weighted by molar-refractivity contribution is 5.27. The number of alkyl halides is 3. The van der Waals surface area contributed by atoms with Crippen LogP contribution < -0.4 is 4.74 Å². The maximum Gasteiger partial charge on any atom is 0.573 e. The number of aryl methyl sites for hydroxylation is 1. The Balaban J connectivity index is 1.43. The van der Waals surface area contributed by atoms with E-state index in [2.05, 4.69) is 11.7 Å². The third kappa shape index (κ3) is 5.65. The predicted octanol–water partition coefficient (Wildman–Crippen LogP) is 7.15. The average Bonchev–Trinajstić information content (AvgIpc) is 2.60. The van der Waals surface area contributed by atoms with E-state index >= 15 is 0 Å². The van der Waals surface area contributed by atoms with Gasteiger partial charge in [-0.3, -0.25) is 0 Å². The fourth-order valence-electron chi connectivity index (χ4n) is 5.24. The molecule has 0 aromatic heterocycles. The molecule has 2 aliphatic rings. The average molecular weight is 368 g/mol. The molecule has 2 saturated carbocycles. The minimum absolute atomic E-state index is 0.134. The van der Waals surface area contributed by atoms with E-state index in [1.807, 2.05) is 0 Å². The third-order valence-corrected chi connectivity index (χ3v) is 6.53. The van der Waals surface area contributed by atoms with E-state index in [9.17, 15) is 13.2 Å². The van der Waals surface area contributed by atoms with Crippen molar-refractivity contribution >= 4 is 0 Å². The van der Waals surface area contributed by atoms with E-state index in [1.54, 1.807) is 12.1 Å². The van der Waals surface area contributed by atoms with E-state index in [1.165, 1.54) is 63.5 Å². The van der Waals surface area contributed by atoms with Gasteiger partial charge < -0.3 is 4.74 Å². The molecule has 1 aromatic rings. The first-order valence-corrected chi connectivity index (χ1v) is 10.3. The van der Waals surface area contributed by atoms with Crippen LogP contribution in [0, 0.1) is 23.7 Å². The Bertz CT molecular complexity index is 552. The van der Waals surface area contributed by atoms with Crippen molar-refractivity contribution < 1.29 is 17.9 Å². The molecule has 26 heavy (non-hydrogen) atoms. The Morgan fingerprint density at radius 3 is 2.00 bits per heavy atom. The fraction of sp³-hybridized carbons (Fsp3) is 0.727. The van der Waals surface area contributed by atoms with Crippen LogP contribution in [0.2, 0.25) is 0 Å². The number of benzene rings is 1. The van der Waals surface area contributed by atoms with Gasteiger partial charge >= 0.3 is 6.36 Å². The van der Waals surface area contributed by atoms with Crippen LogP contribution >= 0.6 is 0 Å². The molecule has 2 aliphatic carbocycles. The molecule has 0 spiro atoms. The first-order chi connectivity index (χ1) is 12.4. The number of rotatable bonds is 6. The summed E-state index contributed by atoms with van der Waals surface area (Å²) in [6.07, 6.45) is 8.56. The molecule has 0 heterocycles. The first-order valence-electron chi connectivity index (χ1n) is 10.3. The zero-order valence-electron chi connectivity index (χ0n) is 15.7.